The molecular formula is C59H110O37S6. The number of rotatable bonds is 26. The molecule has 0 aliphatic carbocycles. The number of hydrogen-bond acceptors (Lipinski definition) is 43. The minimum Gasteiger partial charge on any atom is -0.394 e. The van der Waals surface area contributed by atoms with Crippen LogP contribution in [0.3, 0.4) is 0 Å². The Bertz CT molecular complexity index is 2240. The molecule has 8 rings (SSSR count). The van der Waals surface area contributed by atoms with Gasteiger partial charge in [-0.05, 0) is 12.8 Å². The monoisotopic (exact) mass is 1600 g/mol. The van der Waals surface area contributed by atoms with Crippen molar-refractivity contribution in [2.45, 2.75) is 292 Å². The van der Waals surface area contributed by atoms with Gasteiger partial charge in [-0.15, -0.1) is 0 Å². The van der Waals surface area contributed by atoms with Gasteiger partial charge in [-0.25, -0.2) is 0 Å². The summed E-state index contributed by atoms with van der Waals surface area (Å²) in [5, 5.41) is 220. The standard InChI is InChI=1S/C18H34O10S.C15H28O10S.C13H24O9S2.C13H24O8S2/c1-2-3-4-5-6-25-17-15(24)13(22)16(9(7-19)26-17)28-18-14(23)12(21)11(20)10(8-29)27-18;1-2-3-22-14-12(21)10(19)13(6(4-16)23-14)25-15-11(20)9(18)8(17)7(5-26)24-15;1-19-12-10(18)8(16)11(5(3-24)21-12)22-13-9(17)7(15)6(14)4(2-23)20-13;1-4-5(2-22)19-12(10(17)7(4)14)21-13-11(18)9(16)8(15)6(3-23)20-13/h9-24,29H,2-8H2,1H3;6-21,26H,2-5H2,1H3;4-18,23-24H,2-3H2,1H3;4-18,22-23H,2-3H2,1H3/t;;4?,5?,6-,7-,8+,9?,10?,11+,12+,13-;/m..0./s1. The van der Waals surface area contributed by atoms with Crippen LogP contribution in [0.1, 0.15) is 52.9 Å². The zero-order valence-electron chi connectivity index (χ0n) is 56.3. The van der Waals surface area contributed by atoms with E-state index in [1.165, 1.54) is 7.11 Å². The highest BCUT2D eigenvalue weighted by molar-refractivity contribution is 7.81. The number of methoxy groups -OCH3 is 1. The molecule has 0 radical (unpaired) electrons. The van der Waals surface area contributed by atoms with Gasteiger partial charge < -0.3 is 183 Å². The fraction of sp³-hybridized carbons (Fsp3) is 1.00. The average molecular weight is 1600 g/mol. The Morgan fingerprint density at radius 2 is 0.539 bits per heavy atom. The molecular weight excluding hydrogens is 1490 g/mol. The van der Waals surface area contributed by atoms with Crippen molar-refractivity contribution in [1.29, 1.82) is 0 Å². The summed E-state index contributed by atoms with van der Waals surface area (Å²) >= 11 is 24.3. The predicted octanol–water partition coefficient (Wildman–Crippen LogP) is -10.00. The lowest BCUT2D eigenvalue weighted by atomic mass is 9.91. The fourth-order valence-corrected chi connectivity index (χ4v) is 13.7. The van der Waals surface area contributed by atoms with Crippen LogP contribution in [0.2, 0.25) is 0 Å². The largest absolute Gasteiger partial charge is 0.394 e. The van der Waals surface area contributed by atoms with Crippen molar-refractivity contribution in [3.63, 3.8) is 0 Å². The van der Waals surface area contributed by atoms with E-state index in [0.29, 0.717) is 18.8 Å². The number of ether oxygens (including phenoxy) is 15. The van der Waals surface area contributed by atoms with E-state index in [-0.39, 0.29) is 41.3 Å². The normalized spacial score (nSPS) is 47.8. The molecule has 0 aromatic rings. The van der Waals surface area contributed by atoms with E-state index in [1.807, 2.05) is 6.92 Å². The van der Waals surface area contributed by atoms with E-state index in [0.717, 1.165) is 25.7 Å². The number of aliphatic hydroxyl groups excluding tert-OH is 22. The van der Waals surface area contributed by atoms with Crippen molar-refractivity contribution in [3.8, 4) is 0 Å². The summed E-state index contributed by atoms with van der Waals surface area (Å²) in [6, 6.07) is 0. The van der Waals surface area contributed by atoms with Gasteiger partial charge >= 0.3 is 0 Å². The molecule has 102 heavy (non-hydrogen) atoms. The van der Waals surface area contributed by atoms with Gasteiger partial charge in [0.25, 0.3) is 0 Å². The summed E-state index contributed by atoms with van der Waals surface area (Å²) in [5.41, 5.74) is 0. The molecule has 22 N–H and O–H groups in total. The van der Waals surface area contributed by atoms with Crippen LogP contribution >= 0.6 is 75.8 Å². The molecule has 37 nitrogen and oxygen atoms in total. The van der Waals surface area contributed by atoms with Crippen LogP contribution in [0.15, 0.2) is 0 Å². The molecule has 0 bridgehead atoms. The van der Waals surface area contributed by atoms with Gasteiger partial charge in [-0.3, -0.25) is 0 Å². The third-order valence-electron chi connectivity index (χ3n) is 18.2. The van der Waals surface area contributed by atoms with Crippen molar-refractivity contribution < 1.29 is 183 Å². The molecule has 43 heteroatoms. The number of unbranched alkanes of at least 4 members (excludes halogenated alkanes) is 3. The van der Waals surface area contributed by atoms with E-state index < -0.39 is 253 Å². The van der Waals surface area contributed by atoms with Crippen molar-refractivity contribution in [2.24, 2.45) is 5.92 Å². The molecule has 8 fully saturated rings. The van der Waals surface area contributed by atoms with Gasteiger partial charge in [0.05, 0.1) is 55.9 Å². The first kappa shape index (κ1) is 93.2. The summed E-state index contributed by atoms with van der Waals surface area (Å²) in [4.78, 5) is 0. The van der Waals surface area contributed by atoms with Gasteiger partial charge in [0.15, 0.2) is 50.3 Å². The van der Waals surface area contributed by atoms with Crippen molar-refractivity contribution in [3.05, 3.63) is 0 Å². The van der Waals surface area contributed by atoms with Crippen molar-refractivity contribution >= 4 is 75.8 Å². The van der Waals surface area contributed by atoms with Gasteiger partial charge in [0.2, 0.25) is 0 Å². The quantitative estimate of drug-likeness (QED) is 0.0282. The molecule has 8 heterocycles. The van der Waals surface area contributed by atoms with Gasteiger partial charge in [-0.1, -0.05) is 40.0 Å². The predicted molar refractivity (Wildman–Crippen MR) is 365 cm³/mol. The first-order chi connectivity index (χ1) is 48.4. The first-order valence-corrected chi connectivity index (χ1v) is 37.3. The highest BCUT2D eigenvalue weighted by Crippen LogP contribution is 2.36. The van der Waals surface area contributed by atoms with Crippen LogP contribution in [0.5, 0.6) is 0 Å². The maximum atomic E-state index is 10.5. The van der Waals surface area contributed by atoms with Crippen LogP contribution in [0, 0.1) is 5.92 Å². The third kappa shape index (κ3) is 23.6. The zero-order valence-corrected chi connectivity index (χ0v) is 61.7. The summed E-state index contributed by atoms with van der Waals surface area (Å²) in [6.07, 6.45) is -45.0. The molecule has 40 atom stereocenters. The fourth-order valence-electron chi connectivity index (χ4n) is 11.8. The molecule has 8 aliphatic rings. The number of hydrogen-bond donors (Lipinski definition) is 28. The lowest BCUT2D eigenvalue weighted by Crippen LogP contribution is -2.64. The van der Waals surface area contributed by atoms with E-state index in [9.17, 15) is 112 Å². The Morgan fingerprint density at radius 3 is 0.853 bits per heavy atom. The summed E-state index contributed by atoms with van der Waals surface area (Å²) in [5.74, 6) is 0.369. The maximum absolute atomic E-state index is 10.5. The average Bonchev–Trinajstić information content (AvgIpc) is 0.813. The van der Waals surface area contributed by atoms with E-state index >= 15 is 0 Å². The minimum atomic E-state index is -1.61. The highest BCUT2D eigenvalue weighted by Gasteiger charge is 2.55. The molecule has 0 saturated carbocycles. The van der Waals surface area contributed by atoms with Gasteiger partial charge in [0.1, 0.15) is 146 Å². The molecule has 0 aromatic heterocycles. The van der Waals surface area contributed by atoms with Crippen molar-refractivity contribution in [2.75, 3.05) is 68.1 Å². The zero-order chi connectivity index (χ0) is 76.3. The van der Waals surface area contributed by atoms with Gasteiger partial charge in [-0.2, -0.15) is 75.8 Å². The summed E-state index contributed by atoms with van der Waals surface area (Å²) in [6.45, 7) is 5.18. The molecule has 0 amide bonds. The van der Waals surface area contributed by atoms with Crippen LogP contribution in [-0.2, 0) is 71.1 Å². The second-order valence-corrected chi connectivity index (χ2v) is 27.6. The Kier molecular flexibility index (Phi) is 41.4. The number of aliphatic hydroxyl groups is 22. The second kappa shape index (κ2) is 45.4. The summed E-state index contributed by atoms with van der Waals surface area (Å²) < 4.78 is 81.4. The van der Waals surface area contributed by atoms with Crippen LogP contribution in [0.25, 0.3) is 0 Å². The Balaban J connectivity index is 0.000000246. The molecule has 0 aromatic carbocycles. The van der Waals surface area contributed by atoms with E-state index in [2.05, 4.69) is 82.7 Å². The van der Waals surface area contributed by atoms with Gasteiger partial charge in [0, 0.05) is 60.8 Å². The van der Waals surface area contributed by atoms with Crippen molar-refractivity contribution in [1.82, 2.24) is 0 Å². The Hall–Kier alpha value is 0.620. The molecule has 604 valence electrons. The molecule has 34 unspecified atom stereocenters. The van der Waals surface area contributed by atoms with E-state index in [1.54, 1.807) is 6.92 Å². The lowest BCUT2D eigenvalue weighted by Gasteiger charge is -2.46. The Morgan fingerprint density at radius 1 is 0.265 bits per heavy atom. The molecule has 8 saturated heterocycles. The smallest absolute Gasteiger partial charge is 0.189 e. The molecule has 8 aliphatic heterocycles. The topological polar surface area (TPSA) is 584 Å². The van der Waals surface area contributed by atoms with E-state index in [4.69, 9.17) is 71.1 Å². The minimum absolute atomic E-state index is 0.0491. The lowest BCUT2D eigenvalue weighted by molar-refractivity contribution is -0.366. The van der Waals surface area contributed by atoms with Crippen LogP contribution in [0.4, 0.5) is 0 Å². The SMILES string of the molecule is CC1C(CS)OC(OC2OC(CS)C(O)C(O)C2O)C(O)C1O.CCCCCCOC1OC(CO)C(OC2OC(CS)C(O)C(O)C2O)C(O)C1O.CCCOC1OC(CO)C(OC2OC(CS)C(O)C(O)C2O)C(O)C1O.CO[C@@H]1OC(CS)[C@@H](O[C@@H]2OC(CS)[C@H](O)[C@H](O)C2O)[C@H](O)C1O. The summed E-state index contributed by atoms with van der Waals surface area (Å²) in [7, 11) is 1.32. The first-order valence-electron chi connectivity index (χ1n) is 33.5. The Labute approximate surface area is 622 Å². The highest BCUT2D eigenvalue weighted by atomic mass is 32.1. The van der Waals surface area contributed by atoms with Crippen LogP contribution < -0.4 is 0 Å². The number of thiol groups is 6. The second-order valence-electron chi connectivity index (χ2n) is 25.5. The maximum Gasteiger partial charge on any atom is 0.189 e. The molecule has 0 spiro atoms. The van der Waals surface area contributed by atoms with Crippen LogP contribution in [-0.4, -0.2) is 420 Å². The third-order valence-corrected chi connectivity index (χ3v) is 20.4.